The smallest absolute Gasteiger partial charge is 0.231 e. The van der Waals surface area contributed by atoms with Gasteiger partial charge in [0, 0.05) is 25.3 Å². The van der Waals surface area contributed by atoms with Gasteiger partial charge in [0.15, 0.2) is 17.5 Å². The summed E-state index contributed by atoms with van der Waals surface area (Å²) in [6.45, 7) is 5.55. The molecule has 0 saturated carbocycles. The van der Waals surface area contributed by atoms with E-state index in [0.717, 1.165) is 54.8 Å². The maximum absolute atomic E-state index is 5.41. The van der Waals surface area contributed by atoms with Crippen LogP contribution in [0.3, 0.4) is 0 Å². The molecule has 1 aliphatic heterocycles. The van der Waals surface area contributed by atoms with E-state index in [2.05, 4.69) is 40.0 Å². The van der Waals surface area contributed by atoms with Crippen LogP contribution in [0.4, 0.5) is 5.69 Å². The highest BCUT2D eigenvalue weighted by atomic mass is 127. The van der Waals surface area contributed by atoms with Crippen molar-refractivity contribution in [2.24, 2.45) is 4.99 Å². The maximum Gasteiger partial charge on any atom is 0.231 e. The minimum absolute atomic E-state index is 0. The number of anilines is 1. The van der Waals surface area contributed by atoms with Crippen molar-refractivity contribution in [1.29, 1.82) is 0 Å². The number of aliphatic imine (C=N–C) groups is 1. The molecule has 3 N–H and O–H groups in total. The lowest BCUT2D eigenvalue weighted by Gasteiger charge is -2.12. The van der Waals surface area contributed by atoms with Gasteiger partial charge in [0.05, 0.1) is 6.54 Å². The molecule has 0 amide bonds. The fraction of sp³-hybridized carbons (Fsp3) is 0.350. The fourth-order valence-electron chi connectivity index (χ4n) is 2.64. The number of guanidine groups is 1. The van der Waals surface area contributed by atoms with Gasteiger partial charge in [-0.25, -0.2) is 4.99 Å². The zero-order chi connectivity index (χ0) is 18.0. The molecule has 2 aromatic carbocycles. The van der Waals surface area contributed by atoms with Gasteiger partial charge in [0.1, 0.15) is 0 Å². The predicted octanol–water partition coefficient (Wildman–Crippen LogP) is 3.59. The first-order valence-electron chi connectivity index (χ1n) is 9.05. The number of nitrogens with one attached hydrogen (secondary N) is 3. The summed E-state index contributed by atoms with van der Waals surface area (Å²) in [5.41, 5.74) is 2.24. The molecule has 7 heteroatoms. The van der Waals surface area contributed by atoms with Gasteiger partial charge in [0.25, 0.3) is 0 Å². The topological polar surface area (TPSA) is 66.9 Å². The number of rotatable bonds is 8. The summed E-state index contributed by atoms with van der Waals surface area (Å²) in [6, 6.07) is 16.2. The monoisotopic (exact) mass is 482 g/mol. The van der Waals surface area contributed by atoms with Crippen molar-refractivity contribution in [2.45, 2.75) is 19.9 Å². The Morgan fingerprint density at radius 1 is 1.00 bits per heavy atom. The quantitative estimate of drug-likeness (QED) is 0.232. The number of para-hydroxylation sites is 1. The first kappa shape index (κ1) is 21.1. The molecule has 27 heavy (non-hydrogen) atoms. The molecule has 0 spiro atoms. The van der Waals surface area contributed by atoms with Crippen molar-refractivity contribution < 1.29 is 9.47 Å². The summed E-state index contributed by atoms with van der Waals surface area (Å²) < 4.78 is 10.7. The van der Waals surface area contributed by atoms with E-state index in [4.69, 9.17) is 9.47 Å². The van der Waals surface area contributed by atoms with Crippen LogP contribution in [0, 0.1) is 0 Å². The lowest BCUT2D eigenvalue weighted by atomic mass is 10.2. The van der Waals surface area contributed by atoms with Gasteiger partial charge in [-0.3, -0.25) is 0 Å². The van der Waals surface area contributed by atoms with E-state index >= 15 is 0 Å². The highest BCUT2D eigenvalue weighted by Crippen LogP contribution is 2.32. The molecule has 1 heterocycles. The van der Waals surface area contributed by atoms with Crippen LogP contribution in [-0.4, -0.2) is 32.4 Å². The number of benzene rings is 2. The molecule has 0 aromatic heterocycles. The van der Waals surface area contributed by atoms with Gasteiger partial charge in [-0.05, 0) is 43.2 Å². The summed E-state index contributed by atoms with van der Waals surface area (Å²) in [4.78, 5) is 4.64. The van der Waals surface area contributed by atoms with E-state index in [-0.39, 0.29) is 24.0 Å². The number of halogens is 1. The van der Waals surface area contributed by atoms with E-state index in [0.29, 0.717) is 13.3 Å². The molecule has 1 aliphatic rings. The second-order valence-electron chi connectivity index (χ2n) is 5.96. The van der Waals surface area contributed by atoms with Crippen molar-refractivity contribution in [2.75, 3.05) is 31.7 Å². The Bertz CT molecular complexity index is 725. The van der Waals surface area contributed by atoms with Gasteiger partial charge in [-0.15, -0.1) is 24.0 Å². The van der Waals surface area contributed by atoms with Crippen molar-refractivity contribution in [3.8, 4) is 11.5 Å². The second-order valence-corrected chi connectivity index (χ2v) is 5.96. The predicted molar refractivity (Wildman–Crippen MR) is 120 cm³/mol. The third-order valence-corrected chi connectivity index (χ3v) is 3.95. The zero-order valence-electron chi connectivity index (χ0n) is 15.5. The first-order chi connectivity index (χ1) is 12.8. The maximum atomic E-state index is 5.41. The van der Waals surface area contributed by atoms with Crippen molar-refractivity contribution in [3.63, 3.8) is 0 Å². The molecule has 0 radical (unpaired) electrons. The fourth-order valence-corrected chi connectivity index (χ4v) is 2.64. The third-order valence-electron chi connectivity index (χ3n) is 3.95. The Balaban J connectivity index is 0.00000261. The van der Waals surface area contributed by atoms with E-state index in [9.17, 15) is 0 Å². The number of fused-ring (bicyclic) bond motifs is 1. The molecule has 0 unspecified atom stereocenters. The zero-order valence-corrected chi connectivity index (χ0v) is 17.9. The minimum Gasteiger partial charge on any atom is -0.454 e. The molecule has 0 atom stereocenters. The molecule has 6 nitrogen and oxygen atoms in total. The van der Waals surface area contributed by atoms with Gasteiger partial charge >= 0.3 is 0 Å². The Morgan fingerprint density at radius 3 is 2.63 bits per heavy atom. The van der Waals surface area contributed by atoms with E-state index < -0.39 is 0 Å². The largest absolute Gasteiger partial charge is 0.454 e. The Kier molecular flexibility index (Phi) is 9.03. The van der Waals surface area contributed by atoms with Crippen molar-refractivity contribution in [3.05, 3.63) is 54.1 Å². The standard InChI is InChI=1S/C20H26N4O2.HI/c1-2-21-20(23-12-6-11-22-17-7-4-3-5-8-17)24-14-16-9-10-18-19(13-16)26-15-25-18;/h3-5,7-10,13,22H,2,6,11-12,14-15H2,1H3,(H2,21,23,24);1H. The Hall–Kier alpha value is -2.16. The van der Waals surface area contributed by atoms with Crippen LogP contribution >= 0.6 is 24.0 Å². The van der Waals surface area contributed by atoms with Gasteiger partial charge in [-0.1, -0.05) is 24.3 Å². The van der Waals surface area contributed by atoms with Crippen molar-refractivity contribution in [1.82, 2.24) is 10.6 Å². The number of hydrogen-bond donors (Lipinski definition) is 3. The molecule has 0 aliphatic carbocycles. The van der Waals surface area contributed by atoms with Crippen LogP contribution in [-0.2, 0) is 6.54 Å². The molecular weight excluding hydrogens is 455 g/mol. The van der Waals surface area contributed by atoms with Gasteiger partial charge in [0.2, 0.25) is 6.79 Å². The molecule has 3 rings (SSSR count). The van der Waals surface area contributed by atoms with Crippen LogP contribution in [0.2, 0.25) is 0 Å². The highest BCUT2D eigenvalue weighted by molar-refractivity contribution is 14.0. The summed E-state index contributed by atoms with van der Waals surface area (Å²) in [5, 5.41) is 10.1. The Morgan fingerprint density at radius 2 is 1.81 bits per heavy atom. The normalized spacial score (nSPS) is 12.3. The lowest BCUT2D eigenvalue weighted by Crippen LogP contribution is -2.38. The van der Waals surface area contributed by atoms with Crippen LogP contribution in [0.1, 0.15) is 18.9 Å². The number of ether oxygens (including phenoxy) is 2. The van der Waals surface area contributed by atoms with E-state index in [1.54, 1.807) is 0 Å². The summed E-state index contributed by atoms with van der Waals surface area (Å²) in [6.07, 6.45) is 1.00. The number of hydrogen-bond acceptors (Lipinski definition) is 4. The van der Waals surface area contributed by atoms with Gasteiger partial charge < -0.3 is 25.4 Å². The second kappa shape index (κ2) is 11.5. The Labute approximate surface area is 177 Å². The molecule has 0 bridgehead atoms. The van der Waals surface area contributed by atoms with Crippen LogP contribution in [0.15, 0.2) is 53.5 Å². The number of nitrogens with zero attached hydrogens (tertiary/aromatic N) is 1. The molecule has 0 fully saturated rings. The third kappa shape index (κ3) is 6.82. The molecule has 0 saturated heterocycles. The lowest BCUT2D eigenvalue weighted by molar-refractivity contribution is 0.174. The van der Waals surface area contributed by atoms with Crippen LogP contribution in [0.25, 0.3) is 0 Å². The highest BCUT2D eigenvalue weighted by Gasteiger charge is 2.12. The average molecular weight is 482 g/mol. The van der Waals surface area contributed by atoms with E-state index in [1.165, 1.54) is 0 Å². The van der Waals surface area contributed by atoms with Crippen LogP contribution < -0.4 is 25.4 Å². The summed E-state index contributed by atoms with van der Waals surface area (Å²) >= 11 is 0. The van der Waals surface area contributed by atoms with Crippen LogP contribution in [0.5, 0.6) is 11.5 Å². The van der Waals surface area contributed by atoms with E-state index in [1.807, 2.05) is 36.4 Å². The molecule has 2 aromatic rings. The molecule has 146 valence electrons. The van der Waals surface area contributed by atoms with Gasteiger partial charge in [-0.2, -0.15) is 0 Å². The SMILES string of the molecule is CCNC(=NCc1ccc2c(c1)OCO2)NCCCNc1ccccc1.I. The molecular formula is C20H27IN4O2. The van der Waals surface area contributed by atoms with Crippen molar-refractivity contribution >= 4 is 35.6 Å². The summed E-state index contributed by atoms with van der Waals surface area (Å²) in [5.74, 6) is 2.42. The summed E-state index contributed by atoms with van der Waals surface area (Å²) in [7, 11) is 0. The average Bonchev–Trinajstić information content (AvgIpc) is 3.14. The minimum atomic E-state index is 0. The first-order valence-corrected chi connectivity index (χ1v) is 9.05.